The molecule has 0 aromatic carbocycles. The first-order valence-corrected chi connectivity index (χ1v) is 5.47. The Bertz CT molecular complexity index is 278. The zero-order chi connectivity index (χ0) is 12.3. The van der Waals surface area contributed by atoms with Crippen LogP contribution in [0, 0.1) is 0 Å². The first-order chi connectivity index (χ1) is 6.63. The van der Waals surface area contributed by atoms with Crippen molar-refractivity contribution in [1.29, 1.82) is 0 Å². The van der Waals surface area contributed by atoms with Crippen LogP contribution in [0.3, 0.4) is 0 Å². The number of halogens is 1. The fourth-order valence-electron chi connectivity index (χ4n) is 0.929. The molecule has 0 N–H and O–H groups in total. The van der Waals surface area contributed by atoms with Crippen molar-refractivity contribution < 1.29 is 14.3 Å². The van der Waals surface area contributed by atoms with Crippen LogP contribution >= 0.6 is 15.9 Å². The van der Waals surface area contributed by atoms with Crippen LogP contribution in [0.25, 0.3) is 0 Å². The van der Waals surface area contributed by atoms with Gasteiger partial charge in [0.15, 0.2) is 10.1 Å². The zero-order valence-electron chi connectivity index (χ0n) is 9.59. The predicted molar refractivity (Wildman–Crippen MR) is 63.0 cm³/mol. The van der Waals surface area contributed by atoms with Crippen molar-refractivity contribution in [1.82, 2.24) is 0 Å². The molecule has 0 rings (SSSR count). The Labute approximate surface area is 99.0 Å². The second-order valence-electron chi connectivity index (χ2n) is 4.35. The highest BCUT2D eigenvalue weighted by Crippen LogP contribution is 2.28. The zero-order valence-corrected chi connectivity index (χ0v) is 11.2. The molecule has 0 bridgehead atoms. The maximum Gasteiger partial charge on any atom is 0.331 e. The number of alkyl halides is 1. The molecule has 15 heavy (non-hydrogen) atoms. The van der Waals surface area contributed by atoms with Crippen molar-refractivity contribution in [3.05, 3.63) is 12.7 Å². The Morgan fingerprint density at radius 2 is 1.87 bits per heavy atom. The molecule has 0 spiro atoms. The third-order valence-corrected chi connectivity index (χ3v) is 2.91. The third-order valence-electron chi connectivity index (χ3n) is 1.71. The summed E-state index contributed by atoms with van der Waals surface area (Å²) in [7, 11) is 0. The number of allylic oxidation sites excluding steroid dienone is 1. The van der Waals surface area contributed by atoms with E-state index in [4.69, 9.17) is 4.74 Å². The van der Waals surface area contributed by atoms with Crippen LogP contribution in [0.1, 0.15) is 34.1 Å². The minimum atomic E-state index is -1.29. The molecule has 0 saturated carbocycles. The molecule has 0 heterocycles. The van der Waals surface area contributed by atoms with Crippen LogP contribution in [-0.4, -0.2) is 21.7 Å². The van der Waals surface area contributed by atoms with Crippen molar-refractivity contribution in [3.63, 3.8) is 0 Å². The van der Waals surface area contributed by atoms with Gasteiger partial charge in [-0.3, -0.25) is 9.59 Å². The summed E-state index contributed by atoms with van der Waals surface area (Å²) in [6.45, 7) is 10.1. The van der Waals surface area contributed by atoms with E-state index in [1.807, 2.05) is 0 Å². The Morgan fingerprint density at radius 1 is 1.40 bits per heavy atom. The molecule has 0 aliphatic rings. The molecule has 0 aromatic heterocycles. The Morgan fingerprint density at radius 3 is 2.13 bits per heavy atom. The summed E-state index contributed by atoms with van der Waals surface area (Å²) in [6.07, 6.45) is 1.73. The molecule has 0 aliphatic heterocycles. The molecular weight excluding hydrogens is 260 g/mol. The number of ketones is 1. The lowest BCUT2D eigenvalue weighted by Crippen LogP contribution is -2.43. The maximum atomic E-state index is 11.8. The van der Waals surface area contributed by atoms with Gasteiger partial charge in [0.05, 0.1) is 0 Å². The Balaban J connectivity index is 4.87. The third kappa shape index (κ3) is 4.16. The molecule has 1 atom stereocenters. The summed E-state index contributed by atoms with van der Waals surface area (Å²) < 4.78 is 3.87. The van der Waals surface area contributed by atoms with Crippen molar-refractivity contribution >= 4 is 27.7 Å². The molecule has 0 aliphatic carbocycles. The topological polar surface area (TPSA) is 43.4 Å². The van der Waals surface area contributed by atoms with Crippen molar-refractivity contribution in [3.8, 4) is 0 Å². The van der Waals surface area contributed by atoms with E-state index >= 15 is 0 Å². The fourth-order valence-corrected chi connectivity index (χ4v) is 1.24. The van der Waals surface area contributed by atoms with E-state index in [1.165, 1.54) is 13.0 Å². The van der Waals surface area contributed by atoms with Gasteiger partial charge in [-0.2, -0.15) is 0 Å². The molecule has 0 fully saturated rings. The van der Waals surface area contributed by atoms with Crippen molar-refractivity contribution in [2.45, 2.75) is 44.0 Å². The average Bonchev–Trinajstić information content (AvgIpc) is 2.00. The average molecular weight is 277 g/mol. The van der Waals surface area contributed by atoms with Gasteiger partial charge >= 0.3 is 5.97 Å². The van der Waals surface area contributed by atoms with Crippen LogP contribution in [-0.2, 0) is 14.3 Å². The van der Waals surface area contributed by atoms with Gasteiger partial charge in [-0.25, -0.2) is 0 Å². The monoisotopic (exact) mass is 276 g/mol. The predicted octanol–water partition coefficient (Wildman–Crippen LogP) is 2.63. The van der Waals surface area contributed by atoms with E-state index in [2.05, 4.69) is 22.5 Å². The second kappa shape index (κ2) is 4.92. The van der Waals surface area contributed by atoms with E-state index in [0.717, 1.165) is 0 Å². The normalized spacial score (nSPS) is 15.3. The van der Waals surface area contributed by atoms with E-state index in [1.54, 1.807) is 20.8 Å². The van der Waals surface area contributed by atoms with E-state index in [0.29, 0.717) is 0 Å². The van der Waals surface area contributed by atoms with Crippen LogP contribution in [0.15, 0.2) is 12.7 Å². The summed E-state index contributed by atoms with van der Waals surface area (Å²) in [6, 6.07) is 0. The minimum Gasteiger partial charge on any atom is -0.459 e. The molecule has 0 aromatic rings. The van der Waals surface area contributed by atoms with E-state index in [-0.39, 0.29) is 12.2 Å². The van der Waals surface area contributed by atoms with Crippen molar-refractivity contribution in [2.75, 3.05) is 0 Å². The molecule has 1 unspecified atom stereocenters. The van der Waals surface area contributed by atoms with Gasteiger partial charge in [0.1, 0.15) is 5.60 Å². The fraction of sp³-hybridized carbons (Fsp3) is 0.636. The van der Waals surface area contributed by atoms with Crippen LogP contribution < -0.4 is 0 Å². The lowest BCUT2D eigenvalue weighted by Gasteiger charge is -2.27. The van der Waals surface area contributed by atoms with Gasteiger partial charge in [-0.1, -0.05) is 22.0 Å². The van der Waals surface area contributed by atoms with Gasteiger partial charge in [0, 0.05) is 0 Å². The summed E-state index contributed by atoms with van der Waals surface area (Å²) in [5, 5.41) is 0. The molecular formula is C11H17BrO3. The Hall–Kier alpha value is -0.640. The quantitative estimate of drug-likeness (QED) is 0.343. The second-order valence-corrected chi connectivity index (χ2v) is 5.71. The van der Waals surface area contributed by atoms with Crippen LogP contribution in [0.5, 0.6) is 0 Å². The standard InChI is InChI=1S/C11H17BrO3/c1-6-7-11(12,8(2)13)9(14)15-10(3,4)5/h6H,1,7H2,2-5H3. The van der Waals surface area contributed by atoms with Crippen LogP contribution in [0.2, 0.25) is 0 Å². The van der Waals surface area contributed by atoms with Crippen molar-refractivity contribution in [2.24, 2.45) is 0 Å². The molecule has 0 radical (unpaired) electrons. The van der Waals surface area contributed by atoms with Gasteiger partial charge in [0.2, 0.25) is 0 Å². The summed E-state index contributed by atoms with van der Waals surface area (Å²) in [5.41, 5.74) is -0.604. The summed E-state index contributed by atoms with van der Waals surface area (Å²) in [5.74, 6) is -0.848. The van der Waals surface area contributed by atoms with E-state index < -0.39 is 15.9 Å². The lowest BCUT2D eigenvalue weighted by molar-refractivity contribution is -0.159. The number of Topliss-reactive ketones (excluding diaryl/α,β-unsaturated/α-hetero) is 1. The molecule has 4 heteroatoms. The van der Waals surface area contributed by atoms with E-state index in [9.17, 15) is 9.59 Å². The highest BCUT2D eigenvalue weighted by molar-refractivity contribution is 9.10. The number of hydrogen-bond donors (Lipinski definition) is 0. The highest BCUT2D eigenvalue weighted by Gasteiger charge is 2.42. The lowest BCUT2D eigenvalue weighted by atomic mass is 10.0. The first kappa shape index (κ1) is 14.4. The van der Waals surface area contributed by atoms with Gasteiger partial charge in [-0.05, 0) is 34.1 Å². The van der Waals surface area contributed by atoms with Gasteiger partial charge < -0.3 is 4.74 Å². The largest absolute Gasteiger partial charge is 0.459 e. The van der Waals surface area contributed by atoms with Crippen LogP contribution in [0.4, 0.5) is 0 Å². The number of rotatable bonds is 4. The number of carbonyl (C=O) groups is 2. The molecule has 0 amide bonds. The smallest absolute Gasteiger partial charge is 0.331 e. The molecule has 86 valence electrons. The number of esters is 1. The summed E-state index contributed by atoms with van der Waals surface area (Å²) >= 11 is 3.13. The Kier molecular flexibility index (Phi) is 4.71. The molecule has 3 nitrogen and oxygen atoms in total. The number of ether oxygens (including phenoxy) is 1. The van der Waals surface area contributed by atoms with Gasteiger partial charge in [0.25, 0.3) is 0 Å². The first-order valence-electron chi connectivity index (χ1n) is 4.68. The SMILES string of the molecule is C=CCC(Br)(C(C)=O)C(=O)OC(C)(C)C. The molecule has 0 saturated heterocycles. The minimum absolute atomic E-state index is 0.219. The van der Waals surface area contributed by atoms with Gasteiger partial charge in [-0.15, -0.1) is 6.58 Å². The summed E-state index contributed by atoms with van der Waals surface area (Å²) in [4.78, 5) is 23.2. The maximum absolute atomic E-state index is 11.8. The number of carbonyl (C=O) groups excluding carboxylic acids is 2. The highest BCUT2D eigenvalue weighted by atomic mass is 79.9. The number of hydrogen-bond acceptors (Lipinski definition) is 3.